The molecule has 2 rings (SSSR count). The van der Waals surface area contributed by atoms with Crippen LogP contribution in [0, 0.1) is 0 Å². The highest BCUT2D eigenvalue weighted by Crippen LogP contribution is 2.22. The van der Waals surface area contributed by atoms with Crippen LogP contribution >= 0.6 is 0 Å². The molecule has 5 nitrogen and oxygen atoms in total. The summed E-state index contributed by atoms with van der Waals surface area (Å²) in [5.74, 6) is 1.62. The Kier molecular flexibility index (Phi) is 5.35. The molecule has 0 atom stereocenters. The van der Waals surface area contributed by atoms with Crippen molar-refractivity contribution in [2.75, 3.05) is 13.1 Å². The summed E-state index contributed by atoms with van der Waals surface area (Å²) in [7, 11) is 0. The molecule has 0 aliphatic heterocycles. The second-order valence-electron chi connectivity index (χ2n) is 4.77. The van der Waals surface area contributed by atoms with Crippen LogP contribution < -0.4 is 5.32 Å². The minimum Gasteiger partial charge on any atom is -0.439 e. The van der Waals surface area contributed by atoms with Crippen LogP contribution in [0.3, 0.4) is 0 Å². The van der Waals surface area contributed by atoms with E-state index in [9.17, 15) is 0 Å². The Morgan fingerprint density at radius 3 is 2.85 bits per heavy atom. The summed E-state index contributed by atoms with van der Waals surface area (Å²) in [6.45, 7) is 9.15. The van der Waals surface area contributed by atoms with E-state index in [1.54, 1.807) is 0 Å². The molecule has 1 N–H and O–H groups in total. The number of nitrogens with zero attached hydrogens (tertiary/aromatic N) is 3. The number of aryl methyl sites for hydroxylation is 3. The van der Waals surface area contributed by atoms with Crippen molar-refractivity contribution in [2.45, 2.75) is 46.6 Å². The van der Waals surface area contributed by atoms with Crippen LogP contribution in [0.5, 0.6) is 0 Å². The maximum absolute atomic E-state index is 5.85. The predicted octanol–water partition coefficient (Wildman–Crippen LogP) is 2.66. The molecule has 110 valence electrons. The number of nitrogens with one attached hydrogen (secondary N) is 1. The predicted molar refractivity (Wildman–Crippen MR) is 79.6 cm³/mol. The van der Waals surface area contributed by atoms with Crippen LogP contribution in [-0.4, -0.2) is 27.9 Å². The van der Waals surface area contributed by atoms with Crippen molar-refractivity contribution in [1.82, 2.24) is 20.1 Å². The Hall–Kier alpha value is -1.62. The summed E-state index contributed by atoms with van der Waals surface area (Å²) in [4.78, 5) is 4.37. The molecule has 2 aromatic rings. The first-order valence-electron chi connectivity index (χ1n) is 7.51. The van der Waals surface area contributed by atoms with E-state index in [1.807, 2.05) is 10.9 Å². The average Bonchev–Trinajstić information content (AvgIpc) is 3.09. The molecule has 0 fully saturated rings. The average molecular weight is 276 g/mol. The number of oxazole rings is 1. The van der Waals surface area contributed by atoms with Gasteiger partial charge >= 0.3 is 0 Å². The third-order valence-electron chi connectivity index (χ3n) is 3.29. The van der Waals surface area contributed by atoms with Crippen LogP contribution in [0.4, 0.5) is 0 Å². The van der Waals surface area contributed by atoms with Crippen LogP contribution in [0.1, 0.15) is 38.8 Å². The van der Waals surface area contributed by atoms with Crippen molar-refractivity contribution in [2.24, 2.45) is 0 Å². The Bertz CT molecular complexity index is 530. The molecule has 0 saturated carbocycles. The van der Waals surface area contributed by atoms with E-state index in [2.05, 4.69) is 42.2 Å². The lowest BCUT2D eigenvalue weighted by atomic mass is 10.3. The van der Waals surface area contributed by atoms with E-state index < -0.39 is 0 Å². The molecule has 0 aliphatic carbocycles. The first-order valence-corrected chi connectivity index (χ1v) is 7.51. The Morgan fingerprint density at radius 2 is 2.15 bits per heavy atom. The zero-order valence-corrected chi connectivity index (χ0v) is 12.6. The summed E-state index contributed by atoms with van der Waals surface area (Å²) in [5.41, 5.74) is 2.11. The zero-order chi connectivity index (χ0) is 14.4. The second kappa shape index (κ2) is 7.24. The smallest absolute Gasteiger partial charge is 0.195 e. The quantitative estimate of drug-likeness (QED) is 0.753. The van der Waals surface area contributed by atoms with E-state index in [0.29, 0.717) is 0 Å². The molecule has 5 heteroatoms. The van der Waals surface area contributed by atoms with Crippen LogP contribution in [0.2, 0.25) is 0 Å². The fourth-order valence-corrected chi connectivity index (χ4v) is 2.17. The van der Waals surface area contributed by atoms with Gasteiger partial charge in [0.15, 0.2) is 11.7 Å². The lowest BCUT2D eigenvalue weighted by molar-refractivity contribution is 0.487. The molecule has 2 heterocycles. The summed E-state index contributed by atoms with van der Waals surface area (Å²) in [5, 5.41) is 7.84. The van der Waals surface area contributed by atoms with Gasteiger partial charge in [-0.15, -0.1) is 0 Å². The van der Waals surface area contributed by atoms with Gasteiger partial charge in [-0.2, -0.15) is 5.10 Å². The summed E-state index contributed by atoms with van der Waals surface area (Å²) >= 11 is 0. The summed E-state index contributed by atoms with van der Waals surface area (Å²) < 4.78 is 7.82. The summed E-state index contributed by atoms with van der Waals surface area (Å²) in [6, 6.07) is 2.09. The maximum Gasteiger partial charge on any atom is 0.195 e. The van der Waals surface area contributed by atoms with Gasteiger partial charge in [-0.3, -0.25) is 4.68 Å². The topological polar surface area (TPSA) is 55.9 Å². The molecular weight excluding hydrogens is 252 g/mol. The Labute approximate surface area is 120 Å². The molecule has 20 heavy (non-hydrogen) atoms. The fourth-order valence-electron chi connectivity index (χ4n) is 2.17. The molecule has 0 amide bonds. The van der Waals surface area contributed by atoms with E-state index in [4.69, 9.17) is 4.42 Å². The molecule has 0 spiro atoms. The minimum atomic E-state index is 0.805. The third-order valence-corrected chi connectivity index (χ3v) is 3.29. The SMILES string of the molecule is CCNCCCc1ncc(-c2cc(CC)nn2CC)o1. The van der Waals surface area contributed by atoms with E-state index in [1.165, 1.54) is 0 Å². The van der Waals surface area contributed by atoms with Gasteiger partial charge in [0, 0.05) is 13.0 Å². The van der Waals surface area contributed by atoms with Crippen LogP contribution in [0.15, 0.2) is 16.7 Å². The molecule has 0 saturated heterocycles. The first kappa shape index (κ1) is 14.8. The number of hydrogen-bond acceptors (Lipinski definition) is 4. The van der Waals surface area contributed by atoms with Crippen molar-refractivity contribution in [3.63, 3.8) is 0 Å². The highest BCUT2D eigenvalue weighted by atomic mass is 16.4. The number of rotatable bonds is 8. The van der Waals surface area contributed by atoms with Gasteiger partial charge in [-0.25, -0.2) is 4.98 Å². The molecular formula is C15H24N4O. The lowest BCUT2D eigenvalue weighted by Gasteiger charge is -2.00. The van der Waals surface area contributed by atoms with Crippen molar-refractivity contribution in [3.05, 3.63) is 23.8 Å². The zero-order valence-electron chi connectivity index (χ0n) is 12.6. The molecule has 0 radical (unpaired) electrons. The van der Waals surface area contributed by atoms with Crippen molar-refractivity contribution in [1.29, 1.82) is 0 Å². The largest absolute Gasteiger partial charge is 0.439 e. The molecule has 2 aromatic heterocycles. The first-order chi connectivity index (χ1) is 9.78. The molecule has 0 bridgehead atoms. The van der Waals surface area contributed by atoms with Gasteiger partial charge in [0.1, 0.15) is 5.69 Å². The molecule has 0 aliphatic rings. The van der Waals surface area contributed by atoms with E-state index in [0.717, 1.165) is 61.9 Å². The van der Waals surface area contributed by atoms with Gasteiger partial charge < -0.3 is 9.73 Å². The van der Waals surface area contributed by atoms with Gasteiger partial charge in [0.2, 0.25) is 0 Å². The standard InChI is InChI=1S/C15H24N4O/c1-4-12-10-13(19(6-3)18-12)14-11-17-15(20-14)8-7-9-16-5-2/h10-11,16H,4-9H2,1-3H3. The molecule has 0 aromatic carbocycles. The summed E-state index contributed by atoms with van der Waals surface area (Å²) in [6.07, 6.45) is 4.66. The molecule has 0 unspecified atom stereocenters. The van der Waals surface area contributed by atoms with Gasteiger partial charge in [0.25, 0.3) is 0 Å². The number of aromatic nitrogens is 3. The third kappa shape index (κ3) is 3.48. The minimum absolute atomic E-state index is 0.805. The number of hydrogen-bond donors (Lipinski definition) is 1. The maximum atomic E-state index is 5.85. The van der Waals surface area contributed by atoms with E-state index in [-0.39, 0.29) is 0 Å². The van der Waals surface area contributed by atoms with Crippen molar-refractivity contribution >= 4 is 0 Å². The van der Waals surface area contributed by atoms with Crippen LogP contribution in [0.25, 0.3) is 11.5 Å². The Balaban J connectivity index is 2.06. The highest BCUT2D eigenvalue weighted by molar-refractivity contribution is 5.52. The van der Waals surface area contributed by atoms with Gasteiger partial charge in [0.05, 0.1) is 11.9 Å². The van der Waals surface area contributed by atoms with Gasteiger partial charge in [-0.1, -0.05) is 13.8 Å². The van der Waals surface area contributed by atoms with Crippen LogP contribution in [-0.2, 0) is 19.4 Å². The lowest BCUT2D eigenvalue weighted by Crippen LogP contribution is -2.14. The second-order valence-corrected chi connectivity index (χ2v) is 4.77. The van der Waals surface area contributed by atoms with Gasteiger partial charge in [-0.05, 0) is 38.9 Å². The van der Waals surface area contributed by atoms with E-state index >= 15 is 0 Å². The normalized spacial score (nSPS) is 11.2. The highest BCUT2D eigenvalue weighted by Gasteiger charge is 2.13. The van der Waals surface area contributed by atoms with Crippen molar-refractivity contribution in [3.8, 4) is 11.5 Å². The Morgan fingerprint density at radius 1 is 1.30 bits per heavy atom. The monoisotopic (exact) mass is 276 g/mol. The fraction of sp³-hybridized carbons (Fsp3) is 0.600. The van der Waals surface area contributed by atoms with Crippen molar-refractivity contribution < 1.29 is 4.42 Å².